The third kappa shape index (κ3) is 4.26. The molecule has 1 amide bonds. The number of carbonyl (C=O) groups excluding carboxylic acids is 1. The highest BCUT2D eigenvalue weighted by atomic mass is 32.2. The van der Waals surface area contributed by atoms with E-state index < -0.39 is 12.1 Å². The molecule has 0 atom stereocenters. The fraction of sp³-hybridized carbons (Fsp3) is 0.133. The van der Waals surface area contributed by atoms with Gasteiger partial charge in [-0.25, -0.2) is 0 Å². The fourth-order valence-electron chi connectivity index (χ4n) is 1.61. The molecule has 21 heavy (non-hydrogen) atoms. The van der Waals surface area contributed by atoms with Gasteiger partial charge < -0.3 is 5.32 Å². The Labute approximate surface area is 124 Å². The van der Waals surface area contributed by atoms with Crippen LogP contribution in [0.25, 0.3) is 0 Å². The maximum atomic E-state index is 12.1. The minimum Gasteiger partial charge on any atom is -0.318 e. The van der Waals surface area contributed by atoms with Crippen LogP contribution in [0, 0.1) is 6.92 Å². The number of aryl methyl sites for hydroxylation is 1. The van der Waals surface area contributed by atoms with Gasteiger partial charge in [0, 0.05) is 15.5 Å². The van der Waals surface area contributed by atoms with Crippen molar-refractivity contribution in [2.24, 2.45) is 0 Å². The summed E-state index contributed by atoms with van der Waals surface area (Å²) in [7, 11) is 0. The number of carbonyl (C=O) groups is 1. The number of benzene rings is 2. The van der Waals surface area contributed by atoms with E-state index in [9.17, 15) is 18.0 Å². The monoisotopic (exact) mass is 311 g/mol. The third-order valence-electron chi connectivity index (χ3n) is 2.69. The second-order valence-electron chi connectivity index (χ2n) is 4.34. The van der Waals surface area contributed by atoms with E-state index in [-0.39, 0.29) is 5.69 Å². The summed E-state index contributed by atoms with van der Waals surface area (Å²) in [4.78, 5) is 12.8. The molecule has 0 spiro atoms. The SMILES string of the molecule is Cc1ccccc1Sc1ccc(NC(=O)C(F)(F)F)cc1. The largest absolute Gasteiger partial charge is 0.471 e. The van der Waals surface area contributed by atoms with Crippen LogP contribution in [0.4, 0.5) is 18.9 Å². The predicted molar refractivity (Wildman–Crippen MR) is 76.4 cm³/mol. The first kappa shape index (κ1) is 15.4. The van der Waals surface area contributed by atoms with Crippen LogP contribution in [0.5, 0.6) is 0 Å². The van der Waals surface area contributed by atoms with E-state index in [1.54, 1.807) is 12.1 Å². The summed E-state index contributed by atoms with van der Waals surface area (Å²) in [5, 5.41) is 1.81. The van der Waals surface area contributed by atoms with Crippen molar-refractivity contribution in [1.29, 1.82) is 0 Å². The third-order valence-corrected chi connectivity index (χ3v) is 3.88. The van der Waals surface area contributed by atoms with Crippen molar-refractivity contribution in [1.82, 2.24) is 0 Å². The van der Waals surface area contributed by atoms with Crippen LogP contribution < -0.4 is 5.32 Å². The molecule has 6 heteroatoms. The van der Waals surface area contributed by atoms with E-state index in [2.05, 4.69) is 0 Å². The normalized spacial score (nSPS) is 11.2. The van der Waals surface area contributed by atoms with Gasteiger partial charge in [-0.1, -0.05) is 30.0 Å². The van der Waals surface area contributed by atoms with Gasteiger partial charge in [-0.05, 0) is 42.8 Å². The first-order valence-corrected chi connectivity index (χ1v) is 6.89. The van der Waals surface area contributed by atoms with Gasteiger partial charge in [0.05, 0.1) is 0 Å². The van der Waals surface area contributed by atoms with Crippen LogP contribution >= 0.6 is 11.8 Å². The first-order chi connectivity index (χ1) is 9.86. The van der Waals surface area contributed by atoms with Crippen molar-refractivity contribution in [2.45, 2.75) is 22.9 Å². The maximum absolute atomic E-state index is 12.1. The fourth-order valence-corrected chi connectivity index (χ4v) is 2.51. The molecule has 0 unspecified atom stereocenters. The minimum absolute atomic E-state index is 0.117. The lowest BCUT2D eigenvalue weighted by atomic mass is 10.2. The van der Waals surface area contributed by atoms with Gasteiger partial charge in [0.2, 0.25) is 0 Å². The number of hydrogen-bond donors (Lipinski definition) is 1. The molecule has 1 N–H and O–H groups in total. The number of anilines is 1. The lowest BCUT2D eigenvalue weighted by Crippen LogP contribution is -2.29. The van der Waals surface area contributed by atoms with E-state index in [0.29, 0.717) is 0 Å². The molecular formula is C15H12F3NOS. The minimum atomic E-state index is -4.88. The summed E-state index contributed by atoms with van der Waals surface area (Å²) in [5.41, 5.74) is 1.24. The molecule has 0 aliphatic rings. The Hall–Kier alpha value is -1.95. The molecule has 0 heterocycles. The zero-order chi connectivity index (χ0) is 15.5. The Kier molecular flexibility index (Phi) is 4.57. The van der Waals surface area contributed by atoms with Crippen molar-refractivity contribution in [3.63, 3.8) is 0 Å². The Morgan fingerprint density at radius 3 is 2.24 bits per heavy atom. The molecule has 2 aromatic rings. The molecule has 0 saturated carbocycles. The van der Waals surface area contributed by atoms with Gasteiger partial charge >= 0.3 is 12.1 Å². The molecule has 0 aliphatic carbocycles. The smallest absolute Gasteiger partial charge is 0.318 e. The quantitative estimate of drug-likeness (QED) is 0.894. The van der Waals surface area contributed by atoms with Gasteiger partial charge in [0.25, 0.3) is 0 Å². The highest BCUT2D eigenvalue weighted by Gasteiger charge is 2.38. The summed E-state index contributed by atoms with van der Waals surface area (Å²) < 4.78 is 36.4. The van der Waals surface area contributed by atoms with Gasteiger partial charge in [-0.3, -0.25) is 4.79 Å². The molecule has 0 aliphatic heterocycles. The lowest BCUT2D eigenvalue weighted by Gasteiger charge is -2.09. The van der Waals surface area contributed by atoms with Gasteiger partial charge in [0.15, 0.2) is 0 Å². The van der Waals surface area contributed by atoms with Crippen molar-refractivity contribution < 1.29 is 18.0 Å². The summed E-state index contributed by atoms with van der Waals surface area (Å²) in [6.07, 6.45) is -4.88. The van der Waals surface area contributed by atoms with Crippen molar-refractivity contribution in [2.75, 3.05) is 5.32 Å². The summed E-state index contributed by atoms with van der Waals surface area (Å²) in [5.74, 6) is -1.97. The molecule has 110 valence electrons. The highest BCUT2D eigenvalue weighted by Crippen LogP contribution is 2.30. The molecule has 0 radical (unpaired) electrons. The molecule has 0 bridgehead atoms. The Morgan fingerprint density at radius 1 is 1.05 bits per heavy atom. The zero-order valence-electron chi connectivity index (χ0n) is 11.1. The molecule has 0 fully saturated rings. The maximum Gasteiger partial charge on any atom is 0.471 e. The topological polar surface area (TPSA) is 29.1 Å². The molecule has 0 saturated heterocycles. The highest BCUT2D eigenvalue weighted by molar-refractivity contribution is 7.99. The lowest BCUT2D eigenvalue weighted by molar-refractivity contribution is -0.167. The average molecular weight is 311 g/mol. The zero-order valence-corrected chi connectivity index (χ0v) is 11.9. The average Bonchev–Trinajstić information content (AvgIpc) is 2.42. The molecular weight excluding hydrogens is 299 g/mol. The molecule has 0 aromatic heterocycles. The van der Waals surface area contributed by atoms with E-state index in [4.69, 9.17) is 0 Å². The summed E-state index contributed by atoms with van der Waals surface area (Å²) >= 11 is 1.51. The van der Waals surface area contributed by atoms with E-state index in [1.165, 1.54) is 23.9 Å². The Morgan fingerprint density at radius 2 is 1.67 bits per heavy atom. The van der Waals surface area contributed by atoms with Crippen LogP contribution in [0.1, 0.15) is 5.56 Å². The standard InChI is InChI=1S/C15H12F3NOS/c1-10-4-2-3-5-13(10)21-12-8-6-11(7-9-12)19-14(20)15(16,17)18/h2-9H,1H3,(H,19,20). The van der Waals surface area contributed by atoms with Crippen LogP contribution in [-0.4, -0.2) is 12.1 Å². The molecule has 2 nitrogen and oxygen atoms in total. The van der Waals surface area contributed by atoms with Crippen LogP contribution in [0.2, 0.25) is 0 Å². The summed E-state index contributed by atoms with van der Waals surface area (Å²) in [6.45, 7) is 1.99. The number of alkyl halides is 3. The van der Waals surface area contributed by atoms with Gasteiger partial charge in [0.1, 0.15) is 0 Å². The number of hydrogen-bond acceptors (Lipinski definition) is 2. The number of nitrogens with one attached hydrogen (secondary N) is 1. The summed E-state index contributed by atoms with van der Waals surface area (Å²) in [6, 6.07) is 14.1. The first-order valence-electron chi connectivity index (χ1n) is 6.08. The van der Waals surface area contributed by atoms with E-state index in [0.717, 1.165) is 15.4 Å². The Bertz CT molecular complexity index is 638. The second kappa shape index (κ2) is 6.22. The van der Waals surface area contributed by atoms with Crippen molar-refractivity contribution in [3.05, 3.63) is 54.1 Å². The number of amides is 1. The van der Waals surface area contributed by atoms with Crippen LogP contribution in [-0.2, 0) is 4.79 Å². The number of rotatable bonds is 3. The van der Waals surface area contributed by atoms with Gasteiger partial charge in [-0.15, -0.1) is 0 Å². The Balaban J connectivity index is 2.06. The van der Waals surface area contributed by atoms with Crippen LogP contribution in [0.15, 0.2) is 58.3 Å². The van der Waals surface area contributed by atoms with Gasteiger partial charge in [-0.2, -0.15) is 13.2 Å². The predicted octanol–water partition coefficient (Wildman–Crippen LogP) is 4.65. The molecule has 2 rings (SSSR count). The van der Waals surface area contributed by atoms with Crippen molar-refractivity contribution >= 4 is 23.4 Å². The second-order valence-corrected chi connectivity index (χ2v) is 5.46. The van der Waals surface area contributed by atoms with Crippen LogP contribution in [0.3, 0.4) is 0 Å². The van der Waals surface area contributed by atoms with E-state index >= 15 is 0 Å². The number of halogens is 3. The molecule has 2 aromatic carbocycles. The van der Waals surface area contributed by atoms with Crippen molar-refractivity contribution in [3.8, 4) is 0 Å². The van der Waals surface area contributed by atoms with E-state index in [1.807, 2.05) is 36.5 Å².